The van der Waals surface area contributed by atoms with Crippen LogP contribution in [0.25, 0.3) is 0 Å². The van der Waals surface area contributed by atoms with Crippen molar-refractivity contribution in [1.29, 1.82) is 31.6 Å². The lowest BCUT2D eigenvalue weighted by Crippen LogP contribution is -2.30. The largest absolute Gasteiger partial charge is 0.377 e. The highest BCUT2D eigenvalue weighted by molar-refractivity contribution is 5.58. The van der Waals surface area contributed by atoms with E-state index in [2.05, 4.69) is 49.6 Å². The molecule has 2 aliphatic rings. The second-order valence-corrected chi connectivity index (χ2v) is 12.3. The number of unbranched alkanes of at least 4 members (excludes halogenated alkanes) is 3. The summed E-state index contributed by atoms with van der Waals surface area (Å²) in [6.45, 7) is 9.92. The Hall–Kier alpha value is -4.50. The molecule has 0 radical (unpaired) electrons. The van der Waals surface area contributed by atoms with E-state index in [4.69, 9.17) is 0 Å². The van der Waals surface area contributed by atoms with E-state index in [0.717, 1.165) is 50.2 Å². The number of nitrogens with zero attached hydrogens (tertiary/aromatic N) is 8. The maximum atomic E-state index is 9.89. The smallest absolute Gasteiger partial charge is 0.134 e. The van der Waals surface area contributed by atoms with E-state index in [9.17, 15) is 31.6 Å². The molecule has 206 valence electrons. The molecule has 0 saturated carbocycles. The van der Waals surface area contributed by atoms with Crippen LogP contribution in [-0.2, 0) is 0 Å². The standard InChI is InChI=1S/C32H38N8/c1-31(2)13-25(23(17-33)18-34)27(21-37)29(15-31)39(5)11-9-7-8-10-12-40(6)30-16-32(3,4)14-26(28(30)22-38)24(19-35)20-36/h7-16H2,1-6H3. The lowest BCUT2D eigenvalue weighted by molar-refractivity contribution is 0.277. The molecule has 2 rings (SSSR count). The zero-order valence-corrected chi connectivity index (χ0v) is 24.6. The zero-order chi connectivity index (χ0) is 30.1. The van der Waals surface area contributed by atoms with Crippen LogP contribution in [0.2, 0.25) is 0 Å². The SMILES string of the molecule is CN(CCCCCCN(C)C1=C(C#N)C(=C(C#N)C#N)CC(C)(C)C1)C1=C(C#N)C(=C(C#N)C#N)CC(C)(C)C1. The van der Waals surface area contributed by atoms with Crippen LogP contribution in [0.15, 0.2) is 44.8 Å². The molecule has 0 unspecified atom stereocenters. The summed E-state index contributed by atoms with van der Waals surface area (Å²) in [6, 6.07) is 12.4. The van der Waals surface area contributed by atoms with Crippen LogP contribution >= 0.6 is 0 Å². The fourth-order valence-corrected chi connectivity index (χ4v) is 5.67. The van der Waals surface area contributed by atoms with E-state index >= 15 is 0 Å². The van der Waals surface area contributed by atoms with E-state index < -0.39 is 0 Å². The van der Waals surface area contributed by atoms with E-state index in [0.29, 0.717) is 48.0 Å². The number of nitriles is 6. The second kappa shape index (κ2) is 13.5. The summed E-state index contributed by atoms with van der Waals surface area (Å²) in [5, 5.41) is 57.5. The first-order chi connectivity index (χ1) is 18.9. The Kier molecular flexibility index (Phi) is 10.7. The highest BCUT2D eigenvalue weighted by Gasteiger charge is 2.35. The van der Waals surface area contributed by atoms with Crippen LogP contribution in [0.3, 0.4) is 0 Å². The van der Waals surface area contributed by atoms with Gasteiger partial charge in [0.15, 0.2) is 0 Å². The van der Waals surface area contributed by atoms with Crippen molar-refractivity contribution in [3.05, 3.63) is 44.8 Å². The van der Waals surface area contributed by atoms with Gasteiger partial charge in [-0.15, -0.1) is 0 Å². The van der Waals surface area contributed by atoms with Gasteiger partial charge in [-0.25, -0.2) is 0 Å². The predicted octanol–water partition coefficient (Wildman–Crippen LogP) is 6.29. The summed E-state index contributed by atoms with van der Waals surface area (Å²) >= 11 is 0. The Morgan fingerprint density at radius 1 is 0.575 bits per heavy atom. The van der Waals surface area contributed by atoms with Gasteiger partial charge in [-0.3, -0.25) is 0 Å². The molecule has 0 fully saturated rings. The summed E-state index contributed by atoms with van der Waals surface area (Å²) in [5.41, 5.74) is 3.57. The molecule has 0 aromatic heterocycles. The second-order valence-electron chi connectivity index (χ2n) is 12.3. The molecule has 0 aromatic carbocycles. The molecular weight excluding hydrogens is 496 g/mol. The molecule has 0 aromatic rings. The summed E-state index contributed by atoms with van der Waals surface area (Å²) in [5.74, 6) is 0. The monoisotopic (exact) mass is 534 g/mol. The lowest BCUT2D eigenvalue weighted by atomic mass is 9.72. The normalized spacial score (nSPS) is 17.4. The van der Waals surface area contributed by atoms with Crippen molar-refractivity contribution >= 4 is 0 Å². The van der Waals surface area contributed by atoms with Gasteiger partial charge >= 0.3 is 0 Å². The summed E-state index contributed by atoms with van der Waals surface area (Å²) < 4.78 is 0. The van der Waals surface area contributed by atoms with Gasteiger partial charge in [0.1, 0.15) is 47.6 Å². The molecule has 0 amide bonds. The molecule has 8 heteroatoms. The van der Waals surface area contributed by atoms with Crippen LogP contribution in [0.1, 0.15) is 79.1 Å². The molecular formula is C32H38N8. The van der Waals surface area contributed by atoms with Gasteiger partial charge in [0.2, 0.25) is 0 Å². The minimum Gasteiger partial charge on any atom is -0.377 e. The minimum atomic E-state index is -0.149. The number of hydrogen-bond donors (Lipinski definition) is 0. The molecule has 0 atom stereocenters. The lowest BCUT2D eigenvalue weighted by Gasteiger charge is -2.37. The molecule has 0 saturated heterocycles. The first-order valence-electron chi connectivity index (χ1n) is 13.6. The van der Waals surface area contributed by atoms with Crippen molar-refractivity contribution in [3.8, 4) is 36.4 Å². The highest BCUT2D eigenvalue weighted by Crippen LogP contribution is 2.44. The van der Waals surface area contributed by atoms with Gasteiger partial charge in [0.25, 0.3) is 0 Å². The minimum absolute atomic E-state index is 0.0226. The third kappa shape index (κ3) is 7.54. The fraction of sp³-hybridized carbons (Fsp3) is 0.562. The van der Waals surface area contributed by atoms with E-state index in [1.54, 1.807) is 0 Å². The fourth-order valence-electron chi connectivity index (χ4n) is 5.67. The van der Waals surface area contributed by atoms with Crippen molar-refractivity contribution < 1.29 is 0 Å². The first kappa shape index (κ1) is 31.7. The number of hydrogen-bond acceptors (Lipinski definition) is 8. The van der Waals surface area contributed by atoms with E-state index in [1.165, 1.54) is 0 Å². The maximum Gasteiger partial charge on any atom is 0.134 e. The van der Waals surface area contributed by atoms with Gasteiger partial charge in [-0.05, 0) is 49.4 Å². The van der Waals surface area contributed by atoms with Crippen LogP contribution in [0, 0.1) is 78.8 Å². The quantitative estimate of drug-likeness (QED) is 0.247. The number of rotatable bonds is 9. The molecule has 40 heavy (non-hydrogen) atoms. The summed E-state index contributed by atoms with van der Waals surface area (Å²) in [4.78, 5) is 4.20. The van der Waals surface area contributed by atoms with Crippen molar-refractivity contribution in [1.82, 2.24) is 9.80 Å². The van der Waals surface area contributed by atoms with Gasteiger partial charge < -0.3 is 9.80 Å². The average molecular weight is 535 g/mol. The van der Waals surface area contributed by atoms with E-state index in [1.807, 2.05) is 38.4 Å². The molecule has 0 spiro atoms. The number of allylic oxidation sites excluding steroid dienone is 8. The molecule has 2 aliphatic carbocycles. The van der Waals surface area contributed by atoms with Gasteiger partial charge in [0.05, 0.1) is 11.1 Å². The average Bonchev–Trinajstić information content (AvgIpc) is 2.90. The Balaban J connectivity index is 2.04. The molecule has 0 aliphatic heterocycles. The van der Waals surface area contributed by atoms with Crippen LogP contribution in [-0.4, -0.2) is 37.0 Å². The van der Waals surface area contributed by atoms with Crippen molar-refractivity contribution in [3.63, 3.8) is 0 Å². The Bertz CT molecular complexity index is 1250. The molecule has 0 N–H and O–H groups in total. The van der Waals surface area contributed by atoms with E-state index in [-0.39, 0.29) is 22.0 Å². The highest BCUT2D eigenvalue weighted by atomic mass is 15.1. The topological polar surface area (TPSA) is 149 Å². The molecule has 0 heterocycles. The van der Waals surface area contributed by atoms with Gasteiger partial charge in [0, 0.05) is 49.7 Å². The van der Waals surface area contributed by atoms with Crippen LogP contribution < -0.4 is 0 Å². The van der Waals surface area contributed by atoms with Crippen molar-refractivity contribution in [2.24, 2.45) is 10.8 Å². The Labute approximate surface area is 239 Å². The summed E-state index contributed by atoms with van der Waals surface area (Å²) in [7, 11) is 3.95. The predicted molar refractivity (Wildman–Crippen MR) is 152 cm³/mol. The molecule has 0 bridgehead atoms. The van der Waals surface area contributed by atoms with Crippen LogP contribution in [0.5, 0.6) is 0 Å². The Morgan fingerprint density at radius 2 is 0.900 bits per heavy atom. The van der Waals surface area contributed by atoms with Crippen molar-refractivity contribution in [2.45, 2.75) is 79.1 Å². The third-order valence-electron chi connectivity index (χ3n) is 7.72. The summed E-state index contributed by atoms with van der Waals surface area (Å²) in [6.07, 6.45) is 6.36. The zero-order valence-electron chi connectivity index (χ0n) is 24.6. The van der Waals surface area contributed by atoms with Gasteiger partial charge in [-0.2, -0.15) is 31.6 Å². The first-order valence-corrected chi connectivity index (χ1v) is 13.6. The maximum absolute atomic E-state index is 9.89. The van der Waals surface area contributed by atoms with Crippen molar-refractivity contribution in [2.75, 3.05) is 27.2 Å². The van der Waals surface area contributed by atoms with Crippen LogP contribution in [0.4, 0.5) is 0 Å². The van der Waals surface area contributed by atoms with Gasteiger partial charge in [-0.1, -0.05) is 40.5 Å². The molecule has 8 nitrogen and oxygen atoms in total. The Morgan fingerprint density at radius 3 is 1.18 bits per heavy atom. The third-order valence-corrected chi connectivity index (χ3v) is 7.72.